The summed E-state index contributed by atoms with van der Waals surface area (Å²) in [6.07, 6.45) is 17.0. The first kappa shape index (κ1) is 25.6. The van der Waals surface area contributed by atoms with Crippen LogP contribution >= 0.6 is 7.60 Å². The fourth-order valence-corrected chi connectivity index (χ4v) is 3.94. The highest BCUT2D eigenvalue weighted by atomic mass is 31.2. The van der Waals surface area contributed by atoms with E-state index in [4.69, 9.17) is 14.9 Å². The van der Waals surface area contributed by atoms with Crippen LogP contribution in [-0.2, 0) is 9.36 Å². The number of nitrogens with zero attached hydrogens (tertiary/aromatic N) is 1. The second kappa shape index (κ2) is 16.7. The van der Waals surface area contributed by atoms with Gasteiger partial charge < -0.3 is 14.9 Å². The third-order valence-corrected chi connectivity index (χ3v) is 5.34. The first-order chi connectivity index (χ1) is 12.3. The van der Waals surface area contributed by atoms with E-state index in [1.54, 1.807) is 0 Å². The van der Waals surface area contributed by atoms with Crippen LogP contribution in [0.5, 0.6) is 0 Å². The van der Waals surface area contributed by atoms with Crippen molar-refractivity contribution in [3.05, 3.63) is 0 Å². The van der Waals surface area contributed by atoms with Crippen LogP contribution < -0.4 is 0 Å². The molecule has 7 heteroatoms. The fourth-order valence-electron chi connectivity index (χ4n) is 3.18. The van der Waals surface area contributed by atoms with Crippen molar-refractivity contribution in [1.82, 2.24) is 4.90 Å². The maximum atomic E-state index is 11.0. The first-order valence-corrected chi connectivity index (χ1v) is 12.1. The van der Waals surface area contributed by atoms with E-state index in [-0.39, 0.29) is 6.54 Å². The number of carboxylic acid groups (broad SMARTS) is 1. The largest absolute Gasteiger partial charge is 0.480 e. The van der Waals surface area contributed by atoms with Crippen molar-refractivity contribution in [3.8, 4) is 0 Å². The molecule has 0 aromatic rings. The van der Waals surface area contributed by atoms with E-state index in [0.29, 0.717) is 6.54 Å². The van der Waals surface area contributed by atoms with Crippen LogP contribution in [-0.4, -0.2) is 45.1 Å². The van der Waals surface area contributed by atoms with Crippen molar-refractivity contribution < 1.29 is 24.3 Å². The van der Waals surface area contributed by atoms with Gasteiger partial charge in [0.15, 0.2) is 0 Å². The molecule has 0 aromatic heterocycles. The van der Waals surface area contributed by atoms with Gasteiger partial charge in [-0.05, 0) is 13.0 Å². The Morgan fingerprint density at radius 1 is 0.769 bits per heavy atom. The Hall–Kier alpha value is -0.420. The summed E-state index contributed by atoms with van der Waals surface area (Å²) in [6.45, 7) is 2.35. The minimum Gasteiger partial charge on any atom is -0.480 e. The molecule has 0 bridgehead atoms. The van der Waals surface area contributed by atoms with E-state index in [1.165, 1.54) is 75.5 Å². The third kappa shape index (κ3) is 19.9. The number of hydrogen-bond donors (Lipinski definition) is 3. The molecule has 0 radical (unpaired) electrons. The molecule has 0 heterocycles. The van der Waals surface area contributed by atoms with E-state index in [0.717, 1.165) is 19.3 Å². The molecular weight excluding hydrogens is 353 g/mol. The monoisotopic (exact) mass is 393 g/mol. The second-order valence-electron chi connectivity index (χ2n) is 7.35. The Kier molecular flexibility index (Phi) is 16.5. The molecule has 26 heavy (non-hydrogen) atoms. The second-order valence-corrected chi connectivity index (χ2v) is 8.96. The molecular formula is C19H40NO5P. The number of hydrogen-bond acceptors (Lipinski definition) is 3. The van der Waals surface area contributed by atoms with Crippen LogP contribution in [0.25, 0.3) is 0 Å². The van der Waals surface area contributed by atoms with Gasteiger partial charge in [0.05, 0.1) is 6.54 Å². The fraction of sp³-hybridized carbons (Fsp3) is 0.947. The average molecular weight is 394 g/mol. The maximum Gasteiger partial charge on any atom is 0.339 e. The molecule has 0 unspecified atom stereocenters. The zero-order valence-electron chi connectivity index (χ0n) is 16.6. The summed E-state index contributed by atoms with van der Waals surface area (Å²) < 4.78 is 11.0. The van der Waals surface area contributed by atoms with Gasteiger partial charge in [-0.15, -0.1) is 0 Å². The lowest BCUT2D eigenvalue weighted by Crippen LogP contribution is -2.31. The molecule has 3 N–H and O–H groups in total. The van der Waals surface area contributed by atoms with Crippen LogP contribution in [0.4, 0.5) is 0 Å². The van der Waals surface area contributed by atoms with Crippen molar-refractivity contribution in [2.75, 3.05) is 19.4 Å². The van der Waals surface area contributed by atoms with E-state index >= 15 is 0 Å². The quantitative estimate of drug-likeness (QED) is 0.211. The molecule has 6 nitrogen and oxygen atoms in total. The van der Waals surface area contributed by atoms with Gasteiger partial charge in [-0.2, -0.15) is 0 Å². The third-order valence-electron chi connectivity index (χ3n) is 4.57. The van der Waals surface area contributed by atoms with Gasteiger partial charge in [0.1, 0.15) is 6.29 Å². The predicted molar refractivity (Wildman–Crippen MR) is 106 cm³/mol. The Morgan fingerprint density at radius 3 is 1.50 bits per heavy atom. The molecule has 0 fully saturated rings. The van der Waals surface area contributed by atoms with Crippen molar-refractivity contribution in [3.63, 3.8) is 0 Å². The molecule has 0 aliphatic heterocycles. The van der Waals surface area contributed by atoms with E-state index < -0.39 is 19.9 Å². The van der Waals surface area contributed by atoms with Gasteiger partial charge in [0, 0.05) is 0 Å². The number of carboxylic acids is 1. The van der Waals surface area contributed by atoms with Crippen LogP contribution in [0.2, 0.25) is 0 Å². The molecule has 0 aliphatic rings. The van der Waals surface area contributed by atoms with Crippen molar-refractivity contribution in [2.45, 2.75) is 96.8 Å². The van der Waals surface area contributed by atoms with E-state index in [9.17, 15) is 9.36 Å². The maximum absolute atomic E-state index is 11.0. The average Bonchev–Trinajstić information content (AvgIpc) is 2.53. The van der Waals surface area contributed by atoms with Gasteiger partial charge in [-0.25, -0.2) is 0 Å². The van der Waals surface area contributed by atoms with Gasteiger partial charge in [0.25, 0.3) is 0 Å². The zero-order chi connectivity index (χ0) is 19.7. The SMILES string of the molecule is CCCCCCCCCCCCCCCCN(CC(=O)O)CP(=O)(O)O. The molecule has 0 atom stereocenters. The summed E-state index contributed by atoms with van der Waals surface area (Å²) in [4.78, 5) is 30.1. The van der Waals surface area contributed by atoms with E-state index in [2.05, 4.69) is 6.92 Å². The zero-order valence-corrected chi connectivity index (χ0v) is 17.5. The summed E-state index contributed by atoms with van der Waals surface area (Å²) in [5.74, 6) is -1.05. The summed E-state index contributed by atoms with van der Waals surface area (Å²) in [6, 6.07) is 0. The van der Waals surface area contributed by atoms with Crippen molar-refractivity contribution in [2.24, 2.45) is 0 Å². The predicted octanol–water partition coefficient (Wildman–Crippen LogP) is 4.99. The Balaban J connectivity index is 3.47. The van der Waals surface area contributed by atoms with Gasteiger partial charge >= 0.3 is 13.6 Å². The van der Waals surface area contributed by atoms with E-state index in [1.807, 2.05) is 0 Å². The number of unbranched alkanes of at least 4 members (excludes halogenated alkanes) is 13. The Bertz CT molecular complexity index is 386. The number of aliphatic carboxylic acids is 1. The highest BCUT2D eigenvalue weighted by Gasteiger charge is 2.20. The van der Waals surface area contributed by atoms with Crippen LogP contribution in [0, 0.1) is 0 Å². The molecule has 0 saturated heterocycles. The number of carbonyl (C=O) groups is 1. The number of rotatable bonds is 19. The molecule has 0 saturated carbocycles. The lowest BCUT2D eigenvalue weighted by molar-refractivity contribution is -0.138. The standard InChI is InChI=1S/C19H40NO5P/c1-2-3-4-5-6-7-8-9-10-11-12-13-14-15-16-20(17-19(21)22)18-26(23,24)25/h2-18H2,1H3,(H,21,22)(H2,23,24,25). The van der Waals surface area contributed by atoms with Crippen LogP contribution in [0.1, 0.15) is 96.8 Å². The lowest BCUT2D eigenvalue weighted by atomic mass is 10.0. The Labute approximate surface area is 159 Å². The highest BCUT2D eigenvalue weighted by molar-refractivity contribution is 7.51. The normalized spacial score (nSPS) is 12.0. The topological polar surface area (TPSA) is 98.1 Å². The van der Waals surface area contributed by atoms with Crippen molar-refractivity contribution >= 4 is 13.6 Å². The van der Waals surface area contributed by atoms with Gasteiger partial charge in [0.2, 0.25) is 0 Å². The minimum atomic E-state index is -4.20. The molecule has 0 spiro atoms. The summed E-state index contributed by atoms with van der Waals surface area (Å²) in [5, 5.41) is 8.80. The summed E-state index contributed by atoms with van der Waals surface area (Å²) >= 11 is 0. The molecule has 156 valence electrons. The molecule has 0 aliphatic carbocycles. The van der Waals surface area contributed by atoms with Gasteiger partial charge in [-0.1, -0.05) is 90.4 Å². The highest BCUT2D eigenvalue weighted by Crippen LogP contribution is 2.35. The Morgan fingerprint density at radius 2 is 1.15 bits per heavy atom. The summed E-state index contributed by atoms with van der Waals surface area (Å²) in [7, 11) is -4.20. The smallest absolute Gasteiger partial charge is 0.339 e. The molecule has 0 amide bonds. The molecule has 0 rings (SSSR count). The van der Waals surface area contributed by atoms with Crippen LogP contribution in [0.15, 0.2) is 0 Å². The van der Waals surface area contributed by atoms with Crippen LogP contribution in [0.3, 0.4) is 0 Å². The van der Waals surface area contributed by atoms with Gasteiger partial charge in [-0.3, -0.25) is 14.3 Å². The first-order valence-electron chi connectivity index (χ1n) is 10.3. The summed E-state index contributed by atoms with van der Waals surface area (Å²) in [5.41, 5.74) is 0. The minimum absolute atomic E-state index is 0.316. The lowest BCUT2D eigenvalue weighted by Gasteiger charge is -2.20. The van der Waals surface area contributed by atoms with Crippen molar-refractivity contribution in [1.29, 1.82) is 0 Å². The molecule has 0 aromatic carbocycles.